The normalized spacial score (nSPS) is 25.5. The monoisotopic (exact) mass is 207 g/mol. The molecule has 0 aliphatic carbocycles. The Hall–Kier alpha value is 1.41. The van der Waals surface area contributed by atoms with Crippen molar-refractivity contribution < 1.29 is 69.4 Å². The smallest absolute Gasteiger partial charge is 0.448 e. The number of hydrogen-bond donors (Lipinski definition) is 1. The quantitative estimate of drug-likeness (QED) is 0.504. The molecule has 66 valence electrons. The number of aliphatic hydroxyl groups excluding tert-OH is 1. The van der Waals surface area contributed by atoms with Gasteiger partial charge in [-0.3, -0.25) is 0 Å². The fraction of sp³-hybridized carbons (Fsp3) is 1.00. The molecular weight excluding hydrogens is 197 g/mol. The molecule has 1 N–H and O–H groups in total. The van der Waals surface area contributed by atoms with Gasteiger partial charge in [-0.1, -0.05) is 0 Å². The molecule has 0 aromatic heterocycles. The number of rotatable bonds is 2. The van der Waals surface area contributed by atoms with Crippen LogP contribution in [0.3, 0.4) is 0 Å². The summed E-state index contributed by atoms with van der Waals surface area (Å²) in [6.07, 6.45) is -0.934. The maximum atomic E-state index is 11.8. The first-order valence-electron chi connectivity index (χ1n) is 3.59. The van der Waals surface area contributed by atoms with Gasteiger partial charge >= 0.3 is 58.4 Å². The zero-order chi connectivity index (χ0) is 8.48. The van der Waals surface area contributed by atoms with Crippen LogP contribution in [-0.2, 0) is 0 Å². The summed E-state index contributed by atoms with van der Waals surface area (Å²) >= 11 is 0. The van der Waals surface area contributed by atoms with Gasteiger partial charge in [-0.2, -0.15) is 0 Å². The zero-order valence-corrected chi connectivity index (χ0v) is 10.1. The number of hydrogen-bond acceptors (Lipinski definition) is 2. The summed E-state index contributed by atoms with van der Waals surface area (Å²) < 4.78 is 35.3. The number of β-amino-alcohol motifs (C(OH)–C–C–N with tert-alkyl or cyclic N) is 1. The van der Waals surface area contributed by atoms with E-state index in [2.05, 4.69) is 0 Å². The third-order valence-corrected chi connectivity index (χ3v) is 1.71. The van der Waals surface area contributed by atoms with Gasteiger partial charge in [0.2, 0.25) is 0 Å². The molecule has 1 saturated heterocycles. The van der Waals surface area contributed by atoms with Crippen LogP contribution in [0.1, 0.15) is 6.42 Å². The van der Waals surface area contributed by atoms with E-state index >= 15 is 0 Å². The minimum absolute atomic E-state index is 0. The fourth-order valence-corrected chi connectivity index (χ4v) is 1.27. The van der Waals surface area contributed by atoms with Gasteiger partial charge in [-0.25, -0.2) is 0 Å². The van der Waals surface area contributed by atoms with Crippen molar-refractivity contribution in [2.75, 3.05) is 19.5 Å². The summed E-state index contributed by atoms with van der Waals surface area (Å²) in [4.78, 5) is 1.24. The van der Waals surface area contributed by atoms with Crippen LogP contribution in [0.25, 0.3) is 0 Å². The van der Waals surface area contributed by atoms with E-state index in [1.54, 1.807) is 0 Å². The number of aliphatic hydroxyl groups is 1. The van der Waals surface area contributed by atoms with Crippen LogP contribution in [-0.4, -0.2) is 42.6 Å². The number of nitrogens with zero attached hydrogens (tertiary/aromatic N) is 1. The first-order chi connectivity index (χ1) is 4.97. The second-order valence-corrected chi connectivity index (χ2v) is 2.91. The average molecular weight is 207 g/mol. The number of likely N-dealkylation sites (tertiary alicyclic amines) is 1. The molecule has 1 unspecified atom stereocenters. The van der Waals surface area contributed by atoms with E-state index in [0.29, 0.717) is 13.0 Å². The first kappa shape index (κ1) is 13.4. The van der Waals surface area contributed by atoms with E-state index in [-0.39, 0.29) is 57.9 Å². The van der Waals surface area contributed by atoms with Gasteiger partial charge in [0, 0.05) is 6.54 Å². The van der Waals surface area contributed by atoms with Crippen molar-refractivity contribution in [3.63, 3.8) is 0 Å². The first-order valence-corrected chi connectivity index (χ1v) is 3.59. The van der Waals surface area contributed by atoms with E-state index in [9.17, 15) is 12.9 Å². The zero-order valence-electron chi connectivity index (χ0n) is 7.01. The Morgan fingerprint density at radius 3 is 2.33 bits per heavy atom. The van der Waals surface area contributed by atoms with Crippen molar-refractivity contribution >= 4 is 6.98 Å². The van der Waals surface area contributed by atoms with Crippen molar-refractivity contribution in [3.8, 4) is 0 Å². The predicted molar refractivity (Wildman–Crippen MR) is 36.1 cm³/mol. The van der Waals surface area contributed by atoms with Crippen molar-refractivity contribution in [1.82, 2.24) is 4.90 Å². The third-order valence-electron chi connectivity index (χ3n) is 1.71. The maximum absolute atomic E-state index is 11.8. The van der Waals surface area contributed by atoms with Crippen LogP contribution in [0.4, 0.5) is 12.9 Å². The largest absolute Gasteiger partial charge is 1.00 e. The molecule has 1 heterocycles. The minimum atomic E-state index is -4.72. The van der Waals surface area contributed by atoms with Gasteiger partial charge in [0.1, 0.15) is 0 Å². The number of halogens is 3. The second-order valence-electron chi connectivity index (χ2n) is 2.91. The molecule has 0 aromatic carbocycles. The van der Waals surface area contributed by atoms with Crippen molar-refractivity contribution in [1.29, 1.82) is 0 Å². The topological polar surface area (TPSA) is 23.5 Å². The summed E-state index contributed by atoms with van der Waals surface area (Å²) in [6.45, 7) is -4.19. The van der Waals surface area contributed by atoms with Gasteiger partial charge in [0.05, 0.1) is 6.10 Å². The molecule has 0 bridgehead atoms. The molecule has 0 amide bonds. The van der Waals surface area contributed by atoms with E-state index in [1.165, 1.54) is 4.90 Å². The molecule has 0 aromatic rings. The van der Waals surface area contributed by atoms with Crippen molar-refractivity contribution in [2.45, 2.75) is 12.5 Å². The molecule has 1 rings (SSSR count). The molecule has 0 radical (unpaired) electrons. The molecule has 7 heteroatoms. The molecule has 1 aliphatic heterocycles. The minimum Gasteiger partial charge on any atom is -0.448 e. The van der Waals surface area contributed by atoms with Crippen LogP contribution in [0, 0.1) is 0 Å². The van der Waals surface area contributed by atoms with Crippen molar-refractivity contribution in [2.24, 2.45) is 0 Å². The van der Waals surface area contributed by atoms with E-state index in [0.717, 1.165) is 0 Å². The molecule has 0 spiro atoms. The summed E-state index contributed by atoms with van der Waals surface area (Å²) in [5, 5.41) is 8.89. The molecular formula is C5H10BF3KNO. The van der Waals surface area contributed by atoms with E-state index in [4.69, 9.17) is 5.11 Å². The van der Waals surface area contributed by atoms with Gasteiger partial charge < -0.3 is 23.0 Å². The molecule has 1 fully saturated rings. The predicted octanol–water partition coefficient (Wildman–Crippen LogP) is -2.56. The fourth-order valence-electron chi connectivity index (χ4n) is 1.27. The van der Waals surface area contributed by atoms with Crippen LogP contribution >= 0.6 is 0 Å². The second kappa shape index (κ2) is 5.33. The Labute approximate surface area is 112 Å². The molecule has 1 atom stereocenters. The van der Waals surface area contributed by atoms with E-state index < -0.39 is 19.5 Å². The molecule has 1 aliphatic rings. The van der Waals surface area contributed by atoms with Gasteiger partial charge in [-0.05, 0) is 19.4 Å². The summed E-state index contributed by atoms with van der Waals surface area (Å²) in [5.74, 6) is 0. The Morgan fingerprint density at radius 2 is 2.00 bits per heavy atom. The van der Waals surface area contributed by atoms with Crippen LogP contribution in [0.5, 0.6) is 0 Å². The van der Waals surface area contributed by atoms with Crippen LogP contribution < -0.4 is 51.4 Å². The molecule has 12 heavy (non-hydrogen) atoms. The van der Waals surface area contributed by atoms with Gasteiger partial charge in [0.25, 0.3) is 0 Å². The van der Waals surface area contributed by atoms with E-state index in [1.807, 2.05) is 0 Å². The Kier molecular flexibility index (Phi) is 5.96. The summed E-state index contributed by atoms with van der Waals surface area (Å²) in [7, 11) is 0. The van der Waals surface area contributed by atoms with Gasteiger partial charge in [-0.15, -0.1) is 0 Å². The average Bonchev–Trinajstić information content (AvgIpc) is 2.10. The summed E-state index contributed by atoms with van der Waals surface area (Å²) in [5.41, 5.74) is 0. The Morgan fingerprint density at radius 1 is 1.42 bits per heavy atom. The van der Waals surface area contributed by atoms with Crippen LogP contribution in [0.2, 0.25) is 0 Å². The van der Waals surface area contributed by atoms with Gasteiger partial charge in [0.15, 0.2) is 0 Å². The molecule has 2 nitrogen and oxygen atoms in total. The standard InChI is InChI=1S/C5H10BF3NO.K/c7-6(8,9)4-10-2-1-5(11)3-10;/h5,11H,1-4H2;/q-1;+1. The van der Waals surface area contributed by atoms with Crippen LogP contribution in [0.15, 0.2) is 0 Å². The maximum Gasteiger partial charge on any atom is 1.00 e. The Bertz CT molecular complexity index is 145. The SMILES string of the molecule is OC1CCN(C[B-](F)(F)F)C1.[K+]. The third kappa shape index (κ3) is 5.21. The summed E-state index contributed by atoms with van der Waals surface area (Å²) in [6, 6.07) is 0. The Balaban J connectivity index is 0.00000121. The van der Waals surface area contributed by atoms with Crippen molar-refractivity contribution in [3.05, 3.63) is 0 Å². The molecule has 0 saturated carbocycles.